The van der Waals surface area contributed by atoms with E-state index >= 15 is 0 Å². The van der Waals surface area contributed by atoms with Gasteiger partial charge >= 0.3 is 0 Å². The second kappa shape index (κ2) is 4.53. The van der Waals surface area contributed by atoms with Gasteiger partial charge in [-0.25, -0.2) is 0 Å². The molecule has 0 fully saturated rings. The first-order valence-electron chi connectivity index (χ1n) is 5.90. The predicted octanol–water partition coefficient (Wildman–Crippen LogP) is 3.06. The van der Waals surface area contributed by atoms with E-state index in [1.807, 2.05) is 17.5 Å². The first kappa shape index (κ1) is 11.4. The molecule has 2 aromatic rings. The van der Waals surface area contributed by atoms with Gasteiger partial charge in [-0.1, -0.05) is 6.07 Å². The summed E-state index contributed by atoms with van der Waals surface area (Å²) in [6.07, 6.45) is 3.55. The first-order chi connectivity index (χ1) is 8.81. The predicted molar refractivity (Wildman–Crippen MR) is 70.5 cm³/mol. The van der Waals surface area contributed by atoms with Crippen LogP contribution in [0.15, 0.2) is 29.8 Å². The summed E-state index contributed by atoms with van der Waals surface area (Å²) in [5.41, 5.74) is 2.14. The zero-order chi connectivity index (χ0) is 12.5. The summed E-state index contributed by atoms with van der Waals surface area (Å²) in [6, 6.07) is 5.82. The zero-order valence-corrected chi connectivity index (χ0v) is 10.9. The maximum atomic E-state index is 12.5. The van der Waals surface area contributed by atoms with Crippen LogP contribution in [0.2, 0.25) is 0 Å². The fraction of sp³-hybridized carbons (Fsp3) is 0.286. The number of carbonyl (C=O) groups excluding carboxylic acids is 1. The summed E-state index contributed by atoms with van der Waals surface area (Å²) in [6.45, 7) is 0. The Morgan fingerprint density at radius 2 is 2.39 bits per heavy atom. The Morgan fingerprint density at radius 1 is 1.50 bits per heavy atom. The number of carbonyl (C=O) groups is 1. The number of ether oxygens (including phenoxy) is 1. The molecule has 1 aliphatic carbocycles. The van der Waals surface area contributed by atoms with Crippen molar-refractivity contribution in [1.29, 1.82) is 0 Å². The van der Waals surface area contributed by atoms with E-state index in [1.54, 1.807) is 13.3 Å². The minimum Gasteiger partial charge on any atom is -0.495 e. The van der Waals surface area contributed by atoms with Crippen molar-refractivity contribution < 1.29 is 9.53 Å². The molecule has 2 heterocycles. The third-order valence-corrected chi connectivity index (χ3v) is 4.26. The lowest BCUT2D eigenvalue weighted by atomic mass is 10.00. The van der Waals surface area contributed by atoms with Crippen LogP contribution in [0.1, 0.15) is 33.3 Å². The minimum atomic E-state index is -0.103. The molecule has 3 rings (SSSR count). The highest BCUT2D eigenvalue weighted by molar-refractivity contribution is 7.12. The van der Waals surface area contributed by atoms with E-state index in [0.717, 1.165) is 18.5 Å². The number of aromatic nitrogens is 1. The van der Waals surface area contributed by atoms with Crippen LogP contribution >= 0.6 is 11.3 Å². The topological polar surface area (TPSA) is 39.2 Å². The molecule has 0 amide bonds. The Balaban J connectivity index is 1.96. The number of ketones is 1. The number of hydrogen-bond acceptors (Lipinski definition) is 4. The highest BCUT2D eigenvalue weighted by Crippen LogP contribution is 2.37. The van der Waals surface area contributed by atoms with Gasteiger partial charge in [0.2, 0.25) is 0 Å². The molecule has 0 bridgehead atoms. The Morgan fingerprint density at radius 3 is 3.22 bits per heavy atom. The molecule has 1 aliphatic rings. The van der Waals surface area contributed by atoms with Crippen molar-refractivity contribution in [2.24, 2.45) is 0 Å². The van der Waals surface area contributed by atoms with Crippen molar-refractivity contribution >= 4 is 17.1 Å². The Kier molecular flexibility index (Phi) is 2.88. The molecule has 0 saturated carbocycles. The van der Waals surface area contributed by atoms with Gasteiger partial charge in [0.25, 0.3) is 0 Å². The largest absolute Gasteiger partial charge is 0.495 e. The van der Waals surface area contributed by atoms with Gasteiger partial charge in [0, 0.05) is 6.20 Å². The zero-order valence-electron chi connectivity index (χ0n) is 10.1. The molecule has 18 heavy (non-hydrogen) atoms. The van der Waals surface area contributed by atoms with Crippen molar-refractivity contribution in [2.75, 3.05) is 7.11 Å². The fourth-order valence-electron chi connectivity index (χ4n) is 2.46. The van der Waals surface area contributed by atoms with E-state index in [1.165, 1.54) is 16.9 Å². The van der Waals surface area contributed by atoms with Gasteiger partial charge in [-0.15, -0.1) is 11.3 Å². The van der Waals surface area contributed by atoms with Crippen LogP contribution in [0.4, 0.5) is 0 Å². The monoisotopic (exact) mass is 259 g/mol. The van der Waals surface area contributed by atoms with E-state index in [9.17, 15) is 4.79 Å². The highest BCUT2D eigenvalue weighted by atomic mass is 32.1. The van der Waals surface area contributed by atoms with E-state index < -0.39 is 0 Å². The van der Waals surface area contributed by atoms with Crippen LogP contribution in [0.3, 0.4) is 0 Å². The van der Waals surface area contributed by atoms with Crippen molar-refractivity contribution in [1.82, 2.24) is 4.98 Å². The van der Waals surface area contributed by atoms with Crippen LogP contribution < -0.4 is 4.74 Å². The molecule has 0 N–H and O–H groups in total. The van der Waals surface area contributed by atoms with Gasteiger partial charge in [0.15, 0.2) is 5.78 Å². The fourth-order valence-corrected chi connectivity index (χ4v) is 3.32. The molecule has 0 radical (unpaired) electrons. The standard InChI is InChI=1S/C14H13NO2S/c1-17-11-6-8-18-14(11)13(16)10-5-4-9-3-2-7-15-12(9)10/h2-3,6-8,10H,4-5H2,1H3. The number of rotatable bonds is 3. The third-order valence-electron chi connectivity index (χ3n) is 3.35. The summed E-state index contributed by atoms with van der Waals surface area (Å²) in [5.74, 6) is 0.711. The van der Waals surface area contributed by atoms with E-state index in [0.29, 0.717) is 10.6 Å². The third kappa shape index (κ3) is 1.73. The lowest BCUT2D eigenvalue weighted by Crippen LogP contribution is -2.10. The number of nitrogens with zero attached hydrogens (tertiary/aromatic N) is 1. The summed E-state index contributed by atoms with van der Waals surface area (Å²) >= 11 is 1.44. The van der Waals surface area contributed by atoms with Gasteiger partial charge in [-0.2, -0.15) is 0 Å². The second-order valence-corrected chi connectivity index (χ2v) is 5.24. The van der Waals surface area contributed by atoms with Gasteiger partial charge in [0.05, 0.1) is 18.7 Å². The molecule has 1 unspecified atom stereocenters. The number of hydrogen-bond donors (Lipinski definition) is 0. The van der Waals surface area contributed by atoms with Crippen molar-refractivity contribution in [3.05, 3.63) is 45.9 Å². The van der Waals surface area contributed by atoms with E-state index in [2.05, 4.69) is 11.1 Å². The number of Topliss-reactive ketones (excluding diaryl/α,β-unsaturated/α-hetero) is 1. The van der Waals surface area contributed by atoms with Gasteiger partial charge in [0.1, 0.15) is 10.6 Å². The van der Waals surface area contributed by atoms with Crippen LogP contribution in [-0.2, 0) is 6.42 Å². The maximum Gasteiger partial charge on any atom is 0.185 e. The van der Waals surface area contributed by atoms with E-state index in [-0.39, 0.29) is 11.7 Å². The molecule has 4 heteroatoms. The molecule has 3 nitrogen and oxygen atoms in total. The summed E-state index contributed by atoms with van der Waals surface area (Å²) < 4.78 is 5.22. The van der Waals surface area contributed by atoms with Gasteiger partial charge in [-0.05, 0) is 35.9 Å². The van der Waals surface area contributed by atoms with Crippen molar-refractivity contribution in [3.63, 3.8) is 0 Å². The smallest absolute Gasteiger partial charge is 0.185 e. The van der Waals surface area contributed by atoms with Crippen LogP contribution in [0.25, 0.3) is 0 Å². The summed E-state index contributed by atoms with van der Waals surface area (Å²) in [4.78, 5) is 17.6. The summed E-state index contributed by atoms with van der Waals surface area (Å²) in [7, 11) is 1.60. The molecule has 0 saturated heterocycles. The van der Waals surface area contributed by atoms with Crippen LogP contribution in [0, 0.1) is 0 Å². The quantitative estimate of drug-likeness (QED) is 0.795. The Labute approximate surface area is 109 Å². The highest BCUT2D eigenvalue weighted by Gasteiger charge is 2.32. The van der Waals surface area contributed by atoms with Crippen molar-refractivity contribution in [2.45, 2.75) is 18.8 Å². The number of thiophene rings is 1. The molecule has 0 spiro atoms. The normalized spacial score (nSPS) is 17.5. The SMILES string of the molecule is COc1ccsc1C(=O)C1CCc2cccnc21. The van der Waals surface area contributed by atoms with Crippen LogP contribution in [0.5, 0.6) is 5.75 Å². The molecular formula is C14H13NO2S. The number of methoxy groups -OCH3 is 1. The van der Waals surface area contributed by atoms with E-state index in [4.69, 9.17) is 4.74 Å². The lowest BCUT2D eigenvalue weighted by Gasteiger charge is -2.09. The molecule has 0 aliphatic heterocycles. The number of fused-ring (bicyclic) bond motifs is 1. The summed E-state index contributed by atoms with van der Waals surface area (Å²) in [5, 5.41) is 1.89. The van der Waals surface area contributed by atoms with Crippen LogP contribution in [-0.4, -0.2) is 17.9 Å². The maximum absolute atomic E-state index is 12.5. The number of aryl methyl sites for hydroxylation is 1. The van der Waals surface area contributed by atoms with Crippen molar-refractivity contribution in [3.8, 4) is 5.75 Å². The minimum absolute atomic E-state index is 0.103. The number of pyridine rings is 1. The average Bonchev–Trinajstić information content (AvgIpc) is 3.04. The first-order valence-corrected chi connectivity index (χ1v) is 6.78. The Bertz CT molecular complexity index is 591. The second-order valence-electron chi connectivity index (χ2n) is 4.32. The average molecular weight is 259 g/mol. The molecular weight excluding hydrogens is 246 g/mol. The molecule has 1 atom stereocenters. The van der Waals surface area contributed by atoms with Gasteiger partial charge in [-0.3, -0.25) is 9.78 Å². The lowest BCUT2D eigenvalue weighted by molar-refractivity contribution is 0.0959. The molecule has 2 aromatic heterocycles. The molecule has 92 valence electrons. The molecule has 0 aromatic carbocycles. The van der Waals surface area contributed by atoms with Gasteiger partial charge < -0.3 is 4.74 Å². The Hall–Kier alpha value is -1.68.